The van der Waals surface area contributed by atoms with Crippen molar-refractivity contribution in [3.8, 4) is 0 Å². The molecule has 15 heavy (non-hydrogen) atoms. The molecule has 0 bridgehead atoms. The molecule has 0 amide bonds. The number of nitrogens with two attached hydrogens (primary N) is 1. The lowest BCUT2D eigenvalue weighted by atomic mass is 10.7. The number of phosphoric acid groups is 1. The van der Waals surface area contributed by atoms with Crippen molar-refractivity contribution in [2.75, 3.05) is 26.9 Å². The average Bonchev–Trinajstić information content (AvgIpc) is 2.19. The van der Waals surface area contributed by atoms with Gasteiger partial charge in [0.2, 0.25) is 0 Å². The lowest BCUT2D eigenvalue weighted by molar-refractivity contribution is -0.0309. The van der Waals surface area contributed by atoms with Gasteiger partial charge in [0.15, 0.2) is 6.29 Å². The first-order chi connectivity index (χ1) is 6.95. The van der Waals surface area contributed by atoms with Crippen LogP contribution < -0.4 is 5.73 Å². The topological polar surface area (TPSA) is 111 Å². The van der Waals surface area contributed by atoms with Crippen molar-refractivity contribution in [2.24, 2.45) is 5.73 Å². The normalized spacial score (nSPS) is 11.1. The van der Waals surface area contributed by atoms with Crippen molar-refractivity contribution in [2.45, 2.75) is 20.1 Å². The van der Waals surface area contributed by atoms with Crippen LogP contribution in [0.4, 0.5) is 0 Å². The largest absolute Gasteiger partial charge is 0.474 e. The second-order valence-electron chi connectivity index (χ2n) is 2.18. The monoisotopic (exact) mass is 245 g/mol. The van der Waals surface area contributed by atoms with Gasteiger partial charge in [-0.15, -0.1) is 0 Å². The Morgan fingerprint density at radius 2 is 1.60 bits per heavy atom. The zero-order valence-corrected chi connectivity index (χ0v) is 10.1. The molecule has 0 rings (SSSR count). The fraction of sp³-hybridized carbons (Fsp3) is 1.00. The van der Waals surface area contributed by atoms with E-state index in [1.807, 2.05) is 0 Å². The molecule has 0 radical (unpaired) electrons. The third-order valence-electron chi connectivity index (χ3n) is 1.01. The third-order valence-corrected chi connectivity index (χ3v) is 2.60. The van der Waals surface area contributed by atoms with E-state index in [2.05, 4.69) is 10.3 Å². The highest BCUT2D eigenvalue weighted by Crippen LogP contribution is 2.47. The fourth-order valence-electron chi connectivity index (χ4n) is 0.459. The second-order valence-corrected chi connectivity index (χ2v) is 3.96. The molecular weight excluding hydrogens is 225 g/mol. The van der Waals surface area contributed by atoms with Crippen LogP contribution in [-0.4, -0.2) is 43.4 Å². The van der Waals surface area contributed by atoms with Gasteiger partial charge < -0.3 is 15.9 Å². The first kappa shape index (κ1) is 17.4. The Kier molecular flexibility index (Phi) is 12.2. The van der Waals surface area contributed by atoms with Gasteiger partial charge in [0, 0.05) is 13.7 Å². The molecule has 0 fully saturated rings. The van der Waals surface area contributed by atoms with Crippen LogP contribution in [0.25, 0.3) is 0 Å². The molecule has 0 atom stereocenters. The van der Waals surface area contributed by atoms with Crippen molar-refractivity contribution in [3.05, 3.63) is 0 Å². The maximum atomic E-state index is 11.1. The minimum absolute atomic E-state index is 0.0833. The Balaban J connectivity index is 0. The Labute approximate surface area is 89.8 Å². The molecule has 0 aliphatic rings. The Morgan fingerprint density at radius 1 is 1.27 bits per heavy atom. The molecule has 94 valence electrons. The van der Waals surface area contributed by atoms with Gasteiger partial charge in [-0.2, -0.15) is 0 Å². The number of hydrogen-bond donors (Lipinski definition) is 3. The average molecular weight is 245 g/mol. The van der Waals surface area contributed by atoms with E-state index in [4.69, 9.17) is 19.3 Å². The minimum Gasteiger partial charge on any atom is -0.367 e. The highest BCUT2D eigenvalue weighted by atomic mass is 31.2. The standard InChI is InChI=1S/C5H13O4P.C2H7NO2/c1-4-8-10(6,7-3)9-5-2;3-1-2(4)5/h4-5H2,1-3H3;2,4-5H,1,3H2. The van der Waals surface area contributed by atoms with E-state index in [1.54, 1.807) is 13.8 Å². The quantitative estimate of drug-likeness (QED) is 0.448. The SMILES string of the molecule is CCOP(=O)(OC)OCC.NCC(O)O. The van der Waals surface area contributed by atoms with Gasteiger partial charge in [-0.05, 0) is 13.8 Å². The van der Waals surface area contributed by atoms with Crippen LogP contribution in [-0.2, 0) is 18.1 Å². The molecule has 0 heterocycles. The Hall–Kier alpha value is -0.0100. The second kappa shape index (κ2) is 10.5. The molecule has 0 saturated heterocycles. The molecule has 0 aliphatic carbocycles. The summed E-state index contributed by atoms with van der Waals surface area (Å²) in [5.41, 5.74) is 4.67. The summed E-state index contributed by atoms with van der Waals surface area (Å²) < 4.78 is 25.1. The number of hydrogen-bond acceptors (Lipinski definition) is 7. The van der Waals surface area contributed by atoms with Crippen LogP contribution in [0.2, 0.25) is 0 Å². The Morgan fingerprint density at radius 3 is 1.73 bits per heavy atom. The molecule has 7 nitrogen and oxygen atoms in total. The van der Waals surface area contributed by atoms with Gasteiger partial charge >= 0.3 is 7.82 Å². The van der Waals surface area contributed by atoms with E-state index in [1.165, 1.54) is 7.11 Å². The van der Waals surface area contributed by atoms with Gasteiger partial charge in [-0.25, -0.2) is 4.57 Å². The van der Waals surface area contributed by atoms with E-state index < -0.39 is 14.1 Å². The van der Waals surface area contributed by atoms with Crippen molar-refractivity contribution >= 4 is 7.82 Å². The summed E-state index contributed by atoms with van der Waals surface area (Å²) >= 11 is 0. The molecule has 0 aromatic carbocycles. The summed E-state index contributed by atoms with van der Waals surface area (Å²) in [6.07, 6.45) is -1.34. The lowest BCUT2D eigenvalue weighted by Gasteiger charge is -2.12. The number of rotatable bonds is 6. The van der Waals surface area contributed by atoms with Crippen LogP contribution in [0.1, 0.15) is 13.8 Å². The summed E-state index contributed by atoms with van der Waals surface area (Å²) in [5, 5.41) is 15.6. The zero-order valence-electron chi connectivity index (χ0n) is 9.25. The molecule has 0 aliphatic heterocycles. The molecule has 8 heteroatoms. The summed E-state index contributed by atoms with van der Waals surface area (Å²) in [7, 11) is -1.90. The predicted molar refractivity (Wildman–Crippen MR) is 55.1 cm³/mol. The van der Waals surface area contributed by atoms with Crippen LogP contribution >= 0.6 is 7.82 Å². The maximum Gasteiger partial charge on any atom is 0.474 e. The van der Waals surface area contributed by atoms with Crippen molar-refractivity contribution in [3.63, 3.8) is 0 Å². The van der Waals surface area contributed by atoms with Gasteiger partial charge in [0.05, 0.1) is 13.2 Å². The first-order valence-electron chi connectivity index (χ1n) is 4.46. The maximum absolute atomic E-state index is 11.1. The van der Waals surface area contributed by atoms with Crippen LogP contribution in [0.15, 0.2) is 0 Å². The van der Waals surface area contributed by atoms with Crippen molar-refractivity contribution in [1.29, 1.82) is 0 Å². The number of phosphoric ester groups is 1. The van der Waals surface area contributed by atoms with E-state index in [9.17, 15) is 4.57 Å². The van der Waals surface area contributed by atoms with Gasteiger partial charge in [-0.3, -0.25) is 13.6 Å². The van der Waals surface area contributed by atoms with Crippen LogP contribution in [0.3, 0.4) is 0 Å². The highest BCUT2D eigenvalue weighted by Gasteiger charge is 2.22. The molecule has 4 N–H and O–H groups in total. The molecule has 0 unspecified atom stereocenters. The number of aliphatic hydroxyl groups excluding tert-OH is 1. The van der Waals surface area contributed by atoms with E-state index >= 15 is 0 Å². The van der Waals surface area contributed by atoms with Gasteiger partial charge in [0.25, 0.3) is 0 Å². The van der Waals surface area contributed by atoms with Crippen LogP contribution in [0.5, 0.6) is 0 Å². The summed E-state index contributed by atoms with van der Waals surface area (Å²) in [6.45, 7) is 4.02. The molecule has 0 saturated carbocycles. The van der Waals surface area contributed by atoms with Gasteiger partial charge in [0.1, 0.15) is 0 Å². The van der Waals surface area contributed by atoms with Crippen molar-refractivity contribution in [1.82, 2.24) is 0 Å². The summed E-state index contributed by atoms with van der Waals surface area (Å²) in [6, 6.07) is 0. The molecule has 0 aromatic heterocycles. The predicted octanol–water partition coefficient (Wildman–Crippen LogP) is 0.0697. The molecular formula is C7H20NO6P. The van der Waals surface area contributed by atoms with E-state index in [-0.39, 0.29) is 6.54 Å². The fourth-order valence-corrected chi connectivity index (χ4v) is 1.38. The van der Waals surface area contributed by atoms with Gasteiger partial charge in [-0.1, -0.05) is 0 Å². The van der Waals surface area contributed by atoms with E-state index in [0.29, 0.717) is 13.2 Å². The minimum atomic E-state index is -3.20. The smallest absolute Gasteiger partial charge is 0.367 e. The van der Waals surface area contributed by atoms with E-state index in [0.717, 1.165) is 0 Å². The molecule has 0 spiro atoms. The molecule has 0 aromatic rings. The third kappa shape index (κ3) is 11.9. The summed E-state index contributed by atoms with van der Waals surface area (Å²) in [4.78, 5) is 0. The summed E-state index contributed by atoms with van der Waals surface area (Å²) in [5.74, 6) is 0. The Bertz CT molecular complexity index is 167. The zero-order chi connectivity index (χ0) is 12.3. The van der Waals surface area contributed by atoms with Crippen LogP contribution in [0, 0.1) is 0 Å². The number of aliphatic hydroxyl groups is 2. The highest BCUT2D eigenvalue weighted by molar-refractivity contribution is 7.48. The van der Waals surface area contributed by atoms with Crippen molar-refractivity contribution < 1.29 is 28.3 Å². The lowest BCUT2D eigenvalue weighted by Crippen LogP contribution is -2.17. The first-order valence-corrected chi connectivity index (χ1v) is 5.92.